The van der Waals surface area contributed by atoms with E-state index < -0.39 is 5.54 Å². The van der Waals surface area contributed by atoms with Crippen molar-refractivity contribution in [3.63, 3.8) is 0 Å². The second kappa shape index (κ2) is 7.55. The van der Waals surface area contributed by atoms with Crippen LogP contribution in [0.2, 0.25) is 0 Å². The summed E-state index contributed by atoms with van der Waals surface area (Å²) in [6.45, 7) is 11.3. The number of nitrogens with zero attached hydrogens (tertiary/aromatic N) is 3. The van der Waals surface area contributed by atoms with Crippen LogP contribution in [0, 0.1) is 5.41 Å². The SMILES string of the molecule is CCOC1CC(N)(c2nc(-c3cccc(CN4CCOCC4)c3)no2)C1(C)C. The molecule has 1 aromatic carbocycles. The summed E-state index contributed by atoms with van der Waals surface area (Å²) in [5.41, 5.74) is 7.93. The minimum atomic E-state index is -0.663. The van der Waals surface area contributed by atoms with Crippen LogP contribution in [-0.4, -0.2) is 54.1 Å². The van der Waals surface area contributed by atoms with Gasteiger partial charge in [-0.15, -0.1) is 0 Å². The second-order valence-electron chi connectivity index (χ2n) is 8.35. The molecule has 1 aliphatic heterocycles. The molecular weight excluding hydrogens is 356 g/mol. The molecule has 4 rings (SSSR count). The third-order valence-corrected chi connectivity index (χ3v) is 6.33. The quantitative estimate of drug-likeness (QED) is 0.816. The molecule has 28 heavy (non-hydrogen) atoms. The molecule has 2 atom stereocenters. The summed E-state index contributed by atoms with van der Waals surface area (Å²) in [7, 11) is 0. The van der Waals surface area contributed by atoms with Crippen molar-refractivity contribution >= 4 is 0 Å². The van der Waals surface area contributed by atoms with E-state index in [1.807, 2.05) is 19.1 Å². The fourth-order valence-electron chi connectivity index (χ4n) is 4.15. The van der Waals surface area contributed by atoms with Crippen LogP contribution < -0.4 is 5.73 Å². The molecule has 0 amide bonds. The molecule has 2 unspecified atom stereocenters. The maximum Gasteiger partial charge on any atom is 0.247 e. The molecule has 0 spiro atoms. The van der Waals surface area contributed by atoms with Crippen molar-refractivity contribution in [1.29, 1.82) is 0 Å². The zero-order valence-electron chi connectivity index (χ0n) is 17.0. The van der Waals surface area contributed by atoms with E-state index in [1.54, 1.807) is 0 Å². The van der Waals surface area contributed by atoms with Gasteiger partial charge in [0.2, 0.25) is 11.7 Å². The van der Waals surface area contributed by atoms with Gasteiger partial charge in [0.25, 0.3) is 0 Å². The van der Waals surface area contributed by atoms with Crippen LogP contribution in [0.4, 0.5) is 0 Å². The zero-order chi connectivity index (χ0) is 19.8. The lowest BCUT2D eigenvalue weighted by Crippen LogP contribution is -2.67. The summed E-state index contributed by atoms with van der Waals surface area (Å²) < 4.78 is 16.8. The fourth-order valence-corrected chi connectivity index (χ4v) is 4.15. The van der Waals surface area contributed by atoms with Crippen molar-refractivity contribution in [3.05, 3.63) is 35.7 Å². The summed E-state index contributed by atoms with van der Waals surface area (Å²) in [4.78, 5) is 7.05. The molecule has 1 saturated heterocycles. The zero-order valence-corrected chi connectivity index (χ0v) is 17.0. The third kappa shape index (κ3) is 3.37. The van der Waals surface area contributed by atoms with Gasteiger partial charge in [0, 0.05) is 43.6 Å². The van der Waals surface area contributed by atoms with Crippen LogP contribution in [0.1, 0.15) is 38.6 Å². The van der Waals surface area contributed by atoms with Gasteiger partial charge in [-0.25, -0.2) is 0 Å². The highest BCUT2D eigenvalue weighted by Gasteiger charge is 2.62. The Labute approximate surface area is 166 Å². The first kappa shape index (κ1) is 19.5. The fraction of sp³-hybridized carbons (Fsp3) is 0.619. The third-order valence-electron chi connectivity index (χ3n) is 6.33. The first-order valence-electron chi connectivity index (χ1n) is 10.1. The molecule has 0 bridgehead atoms. The van der Waals surface area contributed by atoms with E-state index in [2.05, 4.69) is 41.0 Å². The predicted octanol–water partition coefficient (Wildman–Crippen LogP) is 2.56. The maximum atomic E-state index is 6.67. The predicted molar refractivity (Wildman–Crippen MR) is 106 cm³/mol. The van der Waals surface area contributed by atoms with Gasteiger partial charge in [0.15, 0.2) is 0 Å². The van der Waals surface area contributed by atoms with E-state index in [1.165, 1.54) is 5.56 Å². The van der Waals surface area contributed by atoms with E-state index in [0.29, 0.717) is 24.7 Å². The largest absolute Gasteiger partial charge is 0.379 e. The summed E-state index contributed by atoms with van der Waals surface area (Å²) in [5.74, 6) is 1.07. The van der Waals surface area contributed by atoms with Crippen LogP contribution in [0.5, 0.6) is 0 Å². The van der Waals surface area contributed by atoms with Gasteiger partial charge < -0.3 is 19.7 Å². The van der Waals surface area contributed by atoms with E-state index in [4.69, 9.17) is 19.7 Å². The lowest BCUT2D eigenvalue weighted by atomic mass is 9.54. The highest BCUT2D eigenvalue weighted by molar-refractivity contribution is 5.55. The monoisotopic (exact) mass is 386 g/mol. The van der Waals surface area contributed by atoms with E-state index in [9.17, 15) is 0 Å². The lowest BCUT2D eigenvalue weighted by molar-refractivity contribution is -0.162. The molecule has 2 aliphatic rings. The maximum absolute atomic E-state index is 6.67. The number of aromatic nitrogens is 2. The number of benzene rings is 1. The van der Waals surface area contributed by atoms with Crippen LogP contribution in [0.15, 0.2) is 28.8 Å². The summed E-state index contributed by atoms with van der Waals surface area (Å²) in [6, 6.07) is 8.31. The van der Waals surface area contributed by atoms with Crippen LogP contribution in [0.25, 0.3) is 11.4 Å². The Morgan fingerprint density at radius 2 is 2.07 bits per heavy atom. The van der Waals surface area contributed by atoms with E-state index in [-0.39, 0.29) is 11.5 Å². The van der Waals surface area contributed by atoms with Gasteiger partial charge in [0.1, 0.15) is 5.54 Å². The van der Waals surface area contributed by atoms with Crippen LogP contribution in [-0.2, 0) is 21.6 Å². The minimum absolute atomic E-state index is 0.106. The second-order valence-corrected chi connectivity index (χ2v) is 8.35. The van der Waals surface area contributed by atoms with Crippen molar-refractivity contribution in [1.82, 2.24) is 15.0 Å². The molecule has 0 radical (unpaired) electrons. The Morgan fingerprint density at radius 1 is 1.29 bits per heavy atom. The van der Waals surface area contributed by atoms with Gasteiger partial charge in [-0.05, 0) is 18.6 Å². The van der Waals surface area contributed by atoms with Crippen molar-refractivity contribution in [3.8, 4) is 11.4 Å². The molecule has 7 nitrogen and oxygen atoms in total. The highest BCUT2D eigenvalue weighted by Crippen LogP contribution is 2.55. The van der Waals surface area contributed by atoms with Crippen LogP contribution in [0.3, 0.4) is 0 Å². The number of morpholine rings is 1. The smallest absolute Gasteiger partial charge is 0.247 e. The van der Waals surface area contributed by atoms with Gasteiger partial charge in [-0.1, -0.05) is 37.2 Å². The molecule has 1 saturated carbocycles. The Kier molecular flexibility index (Phi) is 5.26. The molecule has 2 aromatic rings. The van der Waals surface area contributed by atoms with Crippen LogP contribution >= 0.6 is 0 Å². The van der Waals surface area contributed by atoms with Gasteiger partial charge in [-0.2, -0.15) is 4.98 Å². The normalized spacial score (nSPS) is 27.5. The molecule has 1 aliphatic carbocycles. The number of hydrogen-bond donors (Lipinski definition) is 1. The molecule has 2 N–H and O–H groups in total. The Hall–Kier alpha value is -1.80. The molecular formula is C21H30N4O3. The molecule has 2 fully saturated rings. The average molecular weight is 386 g/mol. The highest BCUT2D eigenvalue weighted by atomic mass is 16.5. The van der Waals surface area contributed by atoms with Gasteiger partial charge >= 0.3 is 0 Å². The topological polar surface area (TPSA) is 86.6 Å². The van der Waals surface area contributed by atoms with Crippen molar-refractivity contribution in [2.75, 3.05) is 32.9 Å². The molecule has 2 heterocycles. The Morgan fingerprint density at radius 3 is 2.79 bits per heavy atom. The number of nitrogens with two attached hydrogens (primary N) is 1. The number of ether oxygens (including phenoxy) is 2. The van der Waals surface area contributed by atoms with Gasteiger partial charge in [0.05, 0.1) is 19.3 Å². The lowest BCUT2D eigenvalue weighted by Gasteiger charge is -2.56. The number of hydrogen-bond acceptors (Lipinski definition) is 7. The van der Waals surface area contributed by atoms with Crippen molar-refractivity contribution < 1.29 is 14.0 Å². The number of rotatable bonds is 6. The molecule has 152 valence electrons. The first-order chi connectivity index (χ1) is 13.4. The Bertz CT molecular complexity index is 815. The first-order valence-corrected chi connectivity index (χ1v) is 10.1. The standard InChI is InChI=1S/C21H30N4O3/c1-4-27-17-13-21(22,20(17,2)3)19-23-18(24-28-19)16-7-5-6-15(12-16)14-25-8-10-26-11-9-25/h5-7,12,17H,4,8-11,13-14,22H2,1-3H3. The molecule has 1 aromatic heterocycles. The Balaban J connectivity index is 1.51. The summed E-state index contributed by atoms with van der Waals surface area (Å²) in [5, 5.41) is 4.22. The van der Waals surface area contributed by atoms with E-state index >= 15 is 0 Å². The summed E-state index contributed by atoms with van der Waals surface area (Å²) in [6.07, 6.45) is 0.793. The van der Waals surface area contributed by atoms with Gasteiger partial charge in [-0.3, -0.25) is 4.90 Å². The van der Waals surface area contributed by atoms with Crippen molar-refractivity contribution in [2.45, 2.75) is 45.4 Å². The van der Waals surface area contributed by atoms with Crippen molar-refractivity contribution in [2.24, 2.45) is 11.1 Å². The minimum Gasteiger partial charge on any atom is -0.379 e. The average Bonchev–Trinajstić information content (AvgIpc) is 3.19. The van der Waals surface area contributed by atoms with E-state index in [0.717, 1.165) is 38.4 Å². The summed E-state index contributed by atoms with van der Waals surface area (Å²) >= 11 is 0. The molecule has 7 heteroatoms.